The lowest BCUT2D eigenvalue weighted by Crippen LogP contribution is -1.91. The maximum Gasteiger partial charge on any atom is 0.182 e. The summed E-state index contributed by atoms with van der Waals surface area (Å²) in [5.41, 5.74) is 8.14. The van der Waals surface area contributed by atoms with E-state index in [1.54, 1.807) is 10.7 Å². The normalized spacial score (nSPS) is 10.9. The molecule has 0 atom stereocenters. The van der Waals surface area contributed by atoms with Gasteiger partial charge in [0.15, 0.2) is 11.5 Å². The molecule has 0 unspecified atom stereocenters. The molecule has 4 nitrogen and oxygen atoms in total. The zero-order valence-electron chi connectivity index (χ0n) is 8.84. The van der Waals surface area contributed by atoms with Crippen LogP contribution in [-0.2, 0) is 0 Å². The maximum absolute atomic E-state index is 5.70. The molecule has 0 aliphatic rings. The highest BCUT2D eigenvalue weighted by Crippen LogP contribution is 2.19. The molecule has 0 amide bonds. The second-order valence-electron chi connectivity index (χ2n) is 3.71. The Morgan fingerprint density at radius 2 is 1.82 bits per heavy atom. The van der Waals surface area contributed by atoms with Crippen molar-refractivity contribution in [1.29, 1.82) is 0 Å². The van der Waals surface area contributed by atoms with Crippen LogP contribution in [0.15, 0.2) is 47.1 Å². The Kier molecular flexibility index (Phi) is 2.33. The number of fused-ring (bicyclic) bond motifs is 1. The van der Waals surface area contributed by atoms with Crippen LogP contribution in [0.1, 0.15) is 0 Å². The average Bonchev–Trinajstić information content (AvgIpc) is 2.72. The SMILES string of the molecule is Nc1ccc2nc(-c3ccc(Br)cc3)nn2c1. The van der Waals surface area contributed by atoms with Gasteiger partial charge >= 0.3 is 0 Å². The van der Waals surface area contributed by atoms with Crippen LogP contribution in [0.2, 0.25) is 0 Å². The summed E-state index contributed by atoms with van der Waals surface area (Å²) in [5.74, 6) is 0.697. The third-order valence-electron chi connectivity index (χ3n) is 2.46. The summed E-state index contributed by atoms with van der Waals surface area (Å²) in [5, 5.41) is 4.38. The first-order chi connectivity index (χ1) is 8.22. The van der Waals surface area contributed by atoms with E-state index in [1.165, 1.54) is 0 Å². The second-order valence-corrected chi connectivity index (χ2v) is 4.62. The van der Waals surface area contributed by atoms with E-state index in [-0.39, 0.29) is 0 Å². The van der Waals surface area contributed by atoms with Crippen LogP contribution < -0.4 is 5.73 Å². The van der Waals surface area contributed by atoms with E-state index in [0.717, 1.165) is 15.7 Å². The third-order valence-corrected chi connectivity index (χ3v) is 2.98. The van der Waals surface area contributed by atoms with E-state index < -0.39 is 0 Å². The molecule has 0 spiro atoms. The zero-order valence-corrected chi connectivity index (χ0v) is 10.4. The Balaban J connectivity index is 2.14. The number of halogens is 1. The minimum absolute atomic E-state index is 0.671. The highest BCUT2D eigenvalue weighted by Gasteiger charge is 2.05. The van der Waals surface area contributed by atoms with Gasteiger partial charge in [0.05, 0.1) is 11.9 Å². The Bertz CT molecular complexity index is 673. The standard InChI is InChI=1S/C12H9BrN4/c13-9-3-1-8(2-4-9)12-15-11-6-5-10(14)7-17(11)16-12/h1-7H,14H2. The molecule has 0 aliphatic heterocycles. The lowest BCUT2D eigenvalue weighted by molar-refractivity contribution is 0.968. The van der Waals surface area contributed by atoms with Crippen molar-refractivity contribution in [1.82, 2.24) is 14.6 Å². The van der Waals surface area contributed by atoms with Crippen molar-refractivity contribution in [2.75, 3.05) is 5.73 Å². The number of hydrogen-bond donors (Lipinski definition) is 1. The molecular formula is C12H9BrN4. The van der Waals surface area contributed by atoms with Crippen molar-refractivity contribution in [2.45, 2.75) is 0 Å². The minimum atomic E-state index is 0.671. The smallest absolute Gasteiger partial charge is 0.182 e. The molecule has 2 heterocycles. The van der Waals surface area contributed by atoms with E-state index in [2.05, 4.69) is 26.0 Å². The maximum atomic E-state index is 5.70. The molecule has 0 saturated carbocycles. The first kappa shape index (κ1) is 10.3. The van der Waals surface area contributed by atoms with Gasteiger partial charge in [-0.3, -0.25) is 0 Å². The van der Waals surface area contributed by atoms with Crippen molar-refractivity contribution < 1.29 is 0 Å². The number of nitrogen functional groups attached to an aromatic ring is 1. The van der Waals surface area contributed by atoms with Crippen molar-refractivity contribution in [3.8, 4) is 11.4 Å². The van der Waals surface area contributed by atoms with Gasteiger partial charge in [-0.25, -0.2) is 9.50 Å². The van der Waals surface area contributed by atoms with Gasteiger partial charge in [-0.15, -0.1) is 5.10 Å². The molecule has 0 bridgehead atoms. The monoisotopic (exact) mass is 288 g/mol. The third kappa shape index (κ3) is 1.89. The molecule has 0 saturated heterocycles. The molecule has 0 aliphatic carbocycles. The summed E-state index contributed by atoms with van der Waals surface area (Å²) in [6.45, 7) is 0. The molecule has 84 valence electrons. The predicted octanol–water partition coefficient (Wildman–Crippen LogP) is 2.74. The molecule has 0 radical (unpaired) electrons. The van der Waals surface area contributed by atoms with Crippen molar-refractivity contribution in [3.63, 3.8) is 0 Å². The van der Waals surface area contributed by atoms with Crippen LogP contribution in [0.3, 0.4) is 0 Å². The highest BCUT2D eigenvalue weighted by atomic mass is 79.9. The van der Waals surface area contributed by atoms with Gasteiger partial charge < -0.3 is 5.73 Å². The summed E-state index contributed by atoms with van der Waals surface area (Å²) in [4.78, 5) is 4.43. The lowest BCUT2D eigenvalue weighted by atomic mass is 10.2. The molecule has 0 fully saturated rings. The molecular weight excluding hydrogens is 280 g/mol. The average molecular weight is 289 g/mol. The summed E-state index contributed by atoms with van der Waals surface area (Å²) >= 11 is 3.40. The molecule has 2 N–H and O–H groups in total. The van der Waals surface area contributed by atoms with Gasteiger partial charge in [-0.1, -0.05) is 28.1 Å². The number of rotatable bonds is 1. The first-order valence-electron chi connectivity index (χ1n) is 5.10. The highest BCUT2D eigenvalue weighted by molar-refractivity contribution is 9.10. The Hall–Kier alpha value is -1.88. The van der Waals surface area contributed by atoms with E-state index in [4.69, 9.17) is 5.73 Å². The van der Waals surface area contributed by atoms with Crippen LogP contribution in [0, 0.1) is 0 Å². The quantitative estimate of drug-likeness (QED) is 0.749. The molecule has 3 aromatic rings. The predicted molar refractivity (Wildman–Crippen MR) is 70.5 cm³/mol. The van der Waals surface area contributed by atoms with E-state index in [9.17, 15) is 0 Å². The number of hydrogen-bond acceptors (Lipinski definition) is 3. The van der Waals surface area contributed by atoms with Gasteiger partial charge in [0.1, 0.15) is 0 Å². The lowest BCUT2D eigenvalue weighted by Gasteiger charge is -1.94. The molecule has 1 aromatic carbocycles. The zero-order chi connectivity index (χ0) is 11.8. The number of anilines is 1. The molecule has 2 aromatic heterocycles. The van der Waals surface area contributed by atoms with Crippen LogP contribution in [0.25, 0.3) is 17.0 Å². The van der Waals surface area contributed by atoms with Crippen molar-refractivity contribution in [3.05, 3.63) is 47.1 Å². The minimum Gasteiger partial charge on any atom is -0.397 e. The van der Waals surface area contributed by atoms with E-state index >= 15 is 0 Å². The van der Waals surface area contributed by atoms with Crippen LogP contribution in [-0.4, -0.2) is 14.6 Å². The van der Waals surface area contributed by atoms with Gasteiger partial charge in [-0.05, 0) is 24.3 Å². The van der Waals surface area contributed by atoms with Crippen LogP contribution >= 0.6 is 15.9 Å². The fraction of sp³-hybridized carbons (Fsp3) is 0. The number of nitrogens with zero attached hydrogens (tertiary/aromatic N) is 3. The van der Waals surface area contributed by atoms with E-state index in [0.29, 0.717) is 11.5 Å². The molecule has 17 heavy (non-hydrogen) atoms. The van der Waals surface area contributed by atoms with Gasteiger partial charge in [0.25, 0.3) is 0 Å². The number of benzene rings is 1. The van der Waals surface area contributed by atoms with Crippen LogP contribution in [0.5, 0.6) is 0 Å². The summed E-state index contributed by atoms with van der Waals surface area (Å²) < 4.78 is 2.72. The fourth-order valence-electron chi connectivity index (χ4n) is 1.62. The number of nitrogens with two attached hydrogens (primary N) is 1. The fourth-order valence-corrected chi connectivity index (χ4v) is 1.88. The van der Waals surface area contributed by atoms with Gasteiger partial charge in [0, 0.05) is 10.0 Å². The van der Waals surface area contributed by atoms with Crippen LogP contribution in [0.4, 0.5) is 5.69 Å². The van der Waals surface area contributed by atoms with Crippen molar-refractivity contribution in [2.24, 2.45) is 0 Å². The largest absolute Gasteiger partial charge is 0.397 e. The molecule has 3 rings (SSSR count). The van der Waals surface area contributed by atoms with Gasteiger partial charge in [0.2, 0.25) is 0 Å². The number of pyridine rings is 1. The van der Waals surface area contributed by atoms with E-state index in [1.807, 2.05) is 36.4 Å². The summed E-state index contributed by atoms with van der Waals surface area (Å²) in [6.07, 6.45) is 1.75. The topological polar surface area (TPSA) is 56.2 Å². The summed E-state index contributed by atoms with van der Waals surface area (Å²) in [7, 11) is 0. The van der Waals surface area contributed by atoms with Gasteiger partial charge in [-0.2, -0.15) is 0 Å². The number of aromatic nitrogens is 3. The Morgan fingerprint density at radius 1 is 1.06 bits per heavy atom. The van der Waals surface area contributed by atoms with Crippen molar-refractivity contribution >= 4 is 27.3 Å². The second kappa shape index (κ2) is 3.85. The summed E-state index contributed by atoms with van der Waals surface area (Å²) in [6, 6.07) is 11.6. The first-order valence-corrected chi connectivity index (χ1v) is 5.89. The Morgan fingerprint density at radius 3 is 2.59 bits per heavy atom. The molecule has 5 heteroatoms. The Labute approximate surface area is 106 Å².